The highest BCUT2D eigenvalue weighted by Crippen LogP contribution is 2.19. The second-order valence-electron chi connectivity index (χ2n) is 5.34. The number of carbonyl (C=O) groups excluding carboxylic acids is 1. The summed E-state index contributed by atoms with van der Waals surface area (Å²) in [5.74, 6) is 0.856. The van der Waals surface area contributed by atoms with Crippen LogP contribution < -0.4 is 10.2 Å². The fraction of sp³-hybridized carbons (Fsp3) is 0.312. The highest BCUT2D eigenvalue weighted by Gasteiger charge is 2.19. The third kappa shape index (κ3) is 3.56. The summed E-state index contributed by atoms with van der Waals surface area (Å²) in [6, 6.07) is 8.21. The second kappa shape index (κ2) is 6.60. The van der Waals surface area contributed by atoms with E-state index in [0.29, 0.717) is 24.7 Å². The number of aromatic nitrogens is 2. The molecule has 0 atom stereocenters. The molecule has 1 aromatic heterocycles. The van der Waals surface area contributed by atoms with E-state index in [1.165, 1.54) is 6.07 Å². The first-order valence-corrected chi connectivity index (χ1v) is 7.48. The molecule has 2 aromatic rings. The van der Waals surface area contributed by atoms with Crippen molar-refractivity contribution in [3.8, 4) is 0 Å². The van der Waals surface area contributed by atoms with Crippen LogP contribution in [0.25, 0.3) is 0 Å². The zero-order valence-electron chi connectivity index (χ0n) is 12.9. The number of piperazine rings is 1. The molecule has 1 saturated heterocycles. The fourth-order valence-electron chi connectivity index (χ4n) is 2.52. The van der Waals surface area contributed by atoms with Gasteiger partial charge in [-0.2, -0.15) is 4.98 Å². The molecule has 120 valence electrons. The fourth-order valence-corrected chi connectivity index (χ4v) is 2.52. The molecule has 1 aliphatic heterocycles. The van der Waals surface area contributed by atoms with Crippen molar-refractivity contribution in [3.05, 3.63) is 42.3 Å². The van der Waals surface area contributed by atoms with E-state index in [4.69, 9.17) is 0 Å². The molecule has 0 aliphatic carbocycles. The van der Waals surface area contributed by atoms with Crippen LogP contribution in [0.5, 0.6) is 0 Å². The summed E-state index contributed by atoms with van der Waals surface area (Å²) in [6.45, 7) is 4.37. The van der Waals surface area contributed by atoms with Gasteiger partial charge in [0, 0.05) is 39.3 Å². The van der Waals surface area contributed by atoms with Gasteiger partial charge in [-0.05, 0) is 18.2 Å². The SMILES string of the molecule is CC(=O)N1CCN(c2ccnc(Nc3ccccc3F)n2)CC1. The minimum Gasteiger partial charge on any atom is -0.353 e. The first-order chi connectivity index (χ1) is 11.1. The number of rotatable bonds is 3. The minimum absolute atomic E-state index is 0.0919. The number of nitrogens with zero attached hydrogens (tertiary/aromatic N) is 4. The predicted octanol–water partition coefficient (Wildman–Crippen LogP) is 2.03. The normalized spacial score (nSPS) is 14.7. The number of hydrogen-bond donors (Lipinski definition) is 1. The van der Waals surface area contributed by atoms with Crippen molar-refractivity contribution in [3.63, 3.8) is 0 Å². The van der Waals surface area contributed by atoms with Crippen LogP contribution in [-0.4, -0.2) is 47.0 Å². The lowest BCUT2D eigenvalue weighted by Crippen LogP contribution is -2.48. The van der Waals surface area contributed by atoms with Crippen molar-refractivity contribution in [2.24, 2.45) is 0 Å². The molecule has 7 heteroatoms. The van der Waals surface area contributed by atoms with Gasteiger partial charge in [0.1, 0.15) is 11.6 Å². The van der Waals surface area contributed by atoms with E-state index in [2.05, 4.69) is 20.2 Å². The largest absolute Gasteiger partial charge is 0.353 e. The lowest BCUT2D eigenvalue weighted by Gasteiger charge is -2.34. The van der Waals surface area contributed by atoms with Gasteiger partial charge in [-0.3, -0.25) is 4.79 Å². The Balaban J connectivity index is 1.71. The van der Waals surface area contributed by atoms with Gasteiger partial charge in [0.2, 0.25) is 11.9 Å². The maximum atomic E-state index is 13.7. The topological polar surface area (TPSA) is 61.4 Å². The van der Waals surface area contributed by atoms with Gasteiger partial charge in [-0.15, -0.1) is 0 Å². The maximum Gasteiger partial charge on any atom is 0.229 e. The molecular weight excluding hydrogens is 297 g/mol. The van der Waals surface area contributed by atoms with Crippen LogP contribution in [0.2, 0.25) is 0 Å². The highest BCUT2D eigenvalue weighted by molar-refractivity contribution is 5.73. The molecule has 0 spiro atoms. The van der Waals surface area contributed by atoms with Gasteiger partial charge in [0.15, 0.2) is 0 Å². The molecule has 23 heavy (non-hydrogen) atoms. The lowest BCUT2D eigenvalue weighted by atomic mass is 10.3. The van der Waals surface area contributed by atoms with Crippen LogP contribution in [0.15, 0.2) is 36.5 Å². The third-order valence-corrected chi connectivity index (χ3v) is 3.81. The van der Waals surface area contributed by atoms with E-state index in [1.807, 2.05) is 11.0 Å². The van der Waals surface area contributed by atoms with Gasteiger partial charge in [0.05, 0.1) is 5.69 Å². The molecule has 0 radical (unpaired) electrons. The van der Waals surface area contributed by atoms with E-state index in [9.17, 15) is 9.18 Å². The summed E-state index contributed by atoms with van der Waals surface area (Å²) in [5.41, 5.74) is 0.339. The van der Waals surface area contributed by atoms with E-state index in [-0.39, 0.29) is 11.7 Å². The van der Waals surface area contributed by atoms with Crippen molar-refractivity contribution in [2.45, 2.75) is 6.92 Å². The Morgan fingerprint density at radius 2 is 1.91 bits per heavy atom. The number of anilines is 3. The Hall–Kier alpha value is -2.70. The van der Waals surface area contributed by atoms with Gasteiger partial charge < -0.3 is 15.1 Å². The van der Waals surface area contributed by atoms with E-state index in [0.717, 1.165) is 18.9 Å². The number of halogens is 1. The Morgan fingerprint density at radius 3 is 2.61 bits per heavy atom. The van der Waals surface area contributed by atoms with Crippen molar-refractivity contribution in [1.29, 1.82) is 0 Å². The molecule has 1 fully saturated rings. The monoisotopic (exact) mass is 315 g/mol. The number of para-hydroxylation sites is 1. The van der Waals surface area contributed by atoms with E-state index < -0.39 is 0 Å². The van der Waals surface area contributed by atoms with Gasteiger partial charge in [0.25, 0.3) is 0 Å². The van der Waals surface area contributed by atoms with Crippen LogP contribution in [0.1, 0.15) is 6.92 Å². The minimum atomic E-state index is -0.350. The zero-order valence-corrected chi connectivity index (χ0v) is 12.9. The standard InChI is InChI=1S/C16H18FN5O/c1-12(23)21-8-10-22(11-9-21)15-6-7-18-16(20-15)19-14-5-3-2-4-13(14)17/h2-7H,8-11H2,1H3,(H,18,19,20). The third-order valence-electron chi connectivity index (χ3n) is 3.81. The Kier molecular flexibility index (Phi) is 4.36. The number of benzene rings is 1. The zero-order chi connectivity index (χ0) is 16.2. The quantitative estimate of drug-likeness (QED) is 0.939. The maximum absolute atomic E-state index is 13.7. The van der Waals surface area contributed by atoms with E-state index >= 15 is 0 Å². The summed E-state index contributed by atoms with van der Waals surface area (Å²) in [6.07, 6.45) is 1.64. The van der Waals surface area contributed by atoms with Crippen LogP contribution in [0.3, 0.4) is 0 Å². The number of carbonyl (C=O) groups is 1. The molecule has 6 nitrogen and oxygen atoms in total. The molecule has 1 aliphatic rings. The average molecular weight is 315 g/mol. The van der Waals surface area contributed by atoms with Crippen LogP contribution >= 0.6 is 0 Å². The average Bonchev–Trinajstić information content (AvgIpc) is 2.57. The van der Waals surface area contributed by atoms with Crippen LogP contribution in [-0.2, 0) is 4.79 Å². The highest BCUT2D eigenvalue weighted by atomic mass is 19.1. The van der Waals surface area contributed by atoms with Gasteiger partial charge in [-0.25, -0.2) is 9.37 Å². The molecule has 0 saturated carbocycles. The van der Waals surface area contributed by atoms with Crippen molar-refractivity contribution < 1.29 is 9.18 Å². The molecule has 2 heterocycles. The van der Waals surface area contributed by atoms with Crippen molar-refractivity contribution >= 4 is 23.4 Å². The summed E-state index contributed by atoms with van der Waals surface area (Å²) >= 11 is 0. The van der Waals surface area contributed by atoms with Gasteiger partial charge >= 0.3 is 0 Å². The number of hydrogen-bond acceptors (Lipinski definition) is 5. The second-order valence-corrected chi connectivity index (χ2v) is 5.34. The summed E-state index contributed by atoms with van der Waals surface area (Å²) < 4.78 is 13.7. The lowest BCUT2D eigenvalue weighted by molar-refractivity contribution is -0.129. The van der Waals surface area contributed by atoms with Crippen LogP contribution in [0, 0.1) is 5.82 Å². The van der Waals surface area contributed by atoms with Crippen LogP contribution in [0.4, 0.5) is 21.8 Å². The summed E-state index contributed by atoms with van der Waals surface area (Å²) in [4.78, 5) is 23.8. The van der Waals surface area contributed by atoms with Gasteiger partial charge in [-0.1, -0.05) is 12.1 Å². The first kappa shape index (κ1) is 15.2. The molecule has 1 N–H and O–H groups in total. The van der Waals surface area contributed by atoms with E-state index in [1.54, 1.807) is 31.3 Å². The van der Waals surface area contributed by atoms with Crippen molar-refractivity contribution in [2.75, 3.05) is 36.4 Å². The molecule has 1 aromatic carbocycles. The molecule has 1 amide bonds. The predicted molar refractivity (Wildman–Crippen MR) is 86.2 cm³/mol. The molecule has 0 bridgehead atoms. The molecule has 3 rings (SSSR count). The molecular formula is C16H18FN5O. The summed E-state index contributed by atoms with van der Waals surface area (Å²) in [7, 11) is 0. The number of nitrogens with one attached hydrogen (secondary N) is 1. The Bertz CT molecular complexity index is 700. The summed E-state index contributed by atoms with van der Waals surface area (Å²) in [5, 5.41) is 2.89. The first-order valence-electron chi connectivity index (χ1n) is 7.48. The number of amides is 1. The molecule has 0 unspecified atom stereocenters. The Labute approximate surface area is 134 Å². The Morgan fingerprint density at radius 1 is 1.17 bits per heavy atom. The van der Waals surface area contributed by atoms with Crippen molar-refractivity contribution in [1.82, 2.24) is 14.9 Å². The smallest absolute Gasteiger partial charge is 0.229 e.